The molecule has 4 aromatic rings. The van der Waals surface area contributed by atoms with Gasteiger partial charge in [-0.05, 0) is 37.6 Å². The van der Waals surface area contributed by atoms with Crippen LogP contribution < -0.4 is 10.1 Å². The molecule has 0 spiro atoms. The van der Waals surface area contributed by atoms with Gasteiger partial charge in [-0.3, -0.25) is 14.5 Å². The first-order valence-corrected chi connectivity index (χ1v) is 10.1. The van der Waals surface area contributed by atoms with Gasteiger partial charge < -0.3 is 10.1 Å². The molecule has 0 saturated heterocycles. The molecule has 1 N–H and O–H groups in total. The van der Waals surface area contributed by atoms with E-state index in [0.29, 0.717) is 39.2 Å². The van der Waals surface area contributed by atoms with E-state index in [9.17, 15) is 18.0 Å². The van der Waals surface area contributed by atoms with Gasteiger partial charge in [-0.15, -0.1) is 0 Å². The standard InChI is InChI=1S/C23H20F3N5O2/c1-14(2)33-20-7-6-15(10-28-20)22(32)30-19-5-3-4-18-17(8-9-27-21(18)19)16-11-29-31(12-16)13-23(24,25)26/h3-12,14H,13H2,1-2H3,(H,30,32). The molecule has 10 heteroatoms. The number of aromatic nitrogens is 4. The number of fused-ring (bicyclic) bond motifs is 1. The molecule has 1 amide bonds. The Labute approximate surface area is 187 Å². The number of pyridine rings is 2. The first-order chi connectivity index (χ1) is 15.7. The van der Waals surface area contributed by atoms with Crippen molar-refractivity contribution < 1.29 is 22.7 Å². The lowest BCUT2D eigenvalue weighted by Crippen LogP contribution is -2.17. The number of carbonyl (C=O) groups is 1. The summed E-state index contributed by atoms with van der Waals surface area (Å²) in [6.45, 7) is 2.59. The number of nitrogens with zero attached hydrogens (tertiary/aromatic N) is 4. The van der Waals surface area contributed by atoms with E-state index in [1.54, 1.807) is 36.4 Å². The van der Waals surface area contributed by atoms with Crippen molar-refractivity contribution in [3.63, 3.8) is 0 Å². The zero-order valence-electron chi connectivity index (χ0n) is 17.8. The Kier molecular flexibility index (Phi) is 5.99. The van der Waals surface area contributed by atoms with Gasteiger partial charge in [-0.1, -0.05) is 12.1 Å². The van der Waals surface area contributed by atoms with E-state index in [1.807, 2.05) is 13.8 Å². The van der Waals surface area contributed by atoms with Crippen molar-refractivity contribution >= 4 is 22.5 Å². The zero-order chi connectivity index (χ0) is 23.6. The molecule has 1 aromatic carbocycles. The van der Waals surface area contributed by atoms with Crippen LogP contribution in [0.5, 0.6) is 5.88 Å². The lowest BCUT2D eigenvalue weighted by atomic mass is 10.0. The van der Waals surface area contributed by atoms with Crippen molar-refractivity contribution in [2.24, 2.45) is 0 Å². The number of benzene rings is 1. The van der Waals surface area contributed by atoms with E-state index in [4.69, 9.17) is 4.74 Å². The molecule has 33 heavy (non-hydrogen) atoms. The van der Waals surface area contributed by atoms with Gasteiger partial charge in [0.15, 0.2) is 0 Å². The van der Waals surface area contributed by atoms with Crippen molar-refractivity contribution in [1.29, 1.82) is 0 Å². The Morgan fingerprint density at radius 1 is 1.12 bits per heavy atom. The first-order valence-electron chi connectivity index (χ1n) is 10.1. The fraction of sp³-hybridized carbons (Fsp3) is 0.217. The summed E-state index contributed by atoms with van der Waals surface area (Å²) in [7, 11) is 0. The highest BCUT2D eigenvalue weighted by Crippen LogP contribution is 2.31. The smallest absolute Gasteiger partial charge is 0.408 e. The predicted molar refractivity (Wildman–Crippen MR) is 117 cm³/mol. The summed E-state index contributed by atoms with van der Waals surface area (Å²) in [4.78, 5) is 21.2. The highest BCUT2D eigenvalue weighted by Gasteiger charge is 2.28. The average molecular weight is 455 g/mol. The summed E-state index contributed by atoms with van der Waals surface area (Å²) in [6.07, 6.45) is 1.27. The molecular formula is C23H20F3N5O2. The lowest BCUT2D eigenvalue weighted by Gasteiger charge is -2.11. The number of rotatable bonds is 6. The zero-order valence-corrected chi connectivity index (χ0v) is 17.8. The molecule has 0 radical (unpaired) electrons. The van der Waals surface area contributed by atoms with Gasteiger partial charge in [0.1, 0.15) is 6.54 Å². The van der Waals surface area contributed by atoms with Crippen molar-refractivity contribution in [3.8, 4) is 17.0 Å². The molecule has 0 unspecified atom stereocenters. The van der Waals surface area contributed by atoms with Crippen LogP contribution in [0.1, 0.15) is 24.2 Å². The monoisotopic (exact) mass is 455 g/mol. The topological polar surface area (TPSA) is 81.9 Å². The van der Waals surface area contributed by atoms with Gasteiger partial charge in [-0.2, -0.15) is 18.3 Å². The molecule has 0 aliphatic rings. The molecule has 0 aliphatic heterocycles. The van der Waals surface area contributed by atoms with Gasteiger partial charge >= 0.3 is 6.18 Å². The molecule has 0 atom stereocenters. The largest absolute Gasteiger partial charge is 0.475 e. The number of amides is 1. The van der Waals surface area contributed by atoms with Crippen LogP contribution >= 0.6 is 0 Å². The number of anilines is 1. The minimum atomic E-state index is -4.37. The van der Waals surface area contributed by atoms with Crippen LogP contribution in [-0.2, 0) is 6.54 Å². The van der Waals surface area contributed by atoms with Gasteiger partial charge in [0, 0.05) is 35.6 Å². The summed E-state index contributed by atoms with van der Waals surface area (Å²) < 4.78 is 44.4. The normalized spacial score (nSPS) is 11.7. The number of ether oxygens (including phenoxy) is 1. The summed E-state index contributed by atoms with van der Waals surface area (Å²) in [5, 5.41) is 7.30. The van der Waals surface area contributed by atoms with Gasteiger partial charge in [0.05, 0.1) is 29.1 Å². The highest BCUT2D eigenvalue weighted by molar-refractivity contribution is 6.10. The maximum atomic E-state index is 12.7. The summed E-state index contributed by atoms with van der Waals surface area (Å²) in [5.74, 6) is 0.0420. The lowest BCUT2D eigenvalue weighted by molar-refractivity contribution is -0.142. The third-order valence-electron chi connectivity index (χ3n) is 4.66. The molecular weight excluding hydrogens is 435 g/mol. The minimum Gasteiger partial charge on any atom is -0.475 e. The Hall–Kier alpha value is -3.95. The summed E-state index contributed by atoms with van der Waals surface area (Å²) >= 11 is 0. The van der Waals surface area contributed by atoms with Crippen molar-refractivity contribution in [3.05, 3.63) is 66.7 Å². The summed E-state index contributed by atoms with van der Waals surface area (Å²) in [6, 6.07) is 10.1. The molecule has 0 bridgehead atoms. The third kappa shape index (κ3) is 5.28. The maximum absolute atomic E-state index is 12.7. The van der Waals surface area contributed by atoms with Crippen LogP contribution in [0.2, 0.25) is 0 Å². The number of para-hydroxylation sites is 1. The Morgan fingerprint density at radius 3 is 2.64 bits per heavy atom. The van der Waals surface area contributed by atoms with E-state index in [1.165, 1.54) is 24.8 Å². The molecule has 4 rings (SSSR count). The van der Waals surface area contributed by atoms with Gasteiger partial charge in [-0.25, -0.2) is 4.98 Å². The van der Waals surface area contributed by atoms with E-state index < -0.39 is 12.7 Å². The highest BCUT2D eigenvalue weighted by atomic mass is 19.4. The molecule has 3 heterocycles. The molecule has 0 aliphatic carbocycles. The quantitative estimate of drug-likeness (QED) is 0.438. The fourth-order valence-corrected chi connectivity index (χ4v) is 3.32. The molecule has 3 aromatic heterocycles. The SMILES string of the molecule is CC(C)Oc1ccc(C(=O)Nc2cccc3c(-c4cnn(CC(F)(F)F)c4)ccnc23)cn1. The number of carbonyl (C=O) groups excluding carboxylic acids is 1. The number of alkyl halides is 3. The second-order valence-electron chi connectivity index (χ2n) is 7.61. The van der Waals surface area contributed by atoms with E-state index in [2.05, 4.69) is 20.4 Å². The molecule has 7 nitrogen and oxygen atoms in total. The van der Waals surface area contributed by atoms with E-state index in [0.717, 1.165) is 4.68 Å². The van der Waals surface area contributed by atoms with Crippen LogP contribution in [-0.4, -0.2) is 37.9 Å². The molecule has 170 valence electrons. The van der Waals surface area contributed by atoms with Crippen molar-refractivity contribution in [2.45, 2.75) is 32.7 Å². The number of hydrogen-bond acceptors (Lipinski definition) is 5. The number of hydrogen-bond donors (Lipinski definition) is 1. The first kappa shape index (κ1) is 22.3. The van der Waals surface area contributed by atoms with Crippen LogP contribution in [0.4, 0.5) is 18.9 Å². The number of halogens is 3. The Morgan fingerprint density at radius 2 is 1.94 bits per heavy atom. The maximum Gasteiger partial charge on any atom is 0.408 e. The van der Waals surface area contributed by atoms with Crippen LogP contribution in [0.3, 0.4) is 0 Å². The summed E-state index contributed by atoms with van der Waals surface area (Å²) in [5.41, 5.74) is 2.47. The Bertz CT molecular complexity index is 1280. The molecule has 0 saturated carbocycles. The van der Waals surface area contributed by atoms with Crippen molar-refractivity contribution in [1.82, 2.24) is 19.7 Å². The number of nitrogens with one attached hydrogen (secondary N) is 1. The van der Waals surface area contributed by atoms with Crippen LogP contribution in [0, 0.1) is 0 Å². The average Bonchev–Trinajstić information content (AvgIpc) is 3.20. The second-order valence-corrected chi connectivity index (χ2v) is 7.61. The minimum absolute atomic E-state index is 0.0336. The van der Waals surface area contributed by atoms with E-state index in [-0.39, 0.29) is 12.0 Å². The van der Waals surface area contributed by atoms with Crippen LogP contribution in [0.25, 0.3) is 22.0 Å². The Balaban J connectivity index is 1.61. The second kappa shape index (κ2) is 8.89. The third-order valence-corrected chi connectivity index (χ3v) is 4.66. The predicted octanol–water partition coefficient (Wildman–Crippen LogP) is 5.10. The van der Waals surface area contributed by atoms with Gasteiger partial charge in [0.25, 0.3) is 5.91 Å². The molecule has 0 fully saturated rings. The van der Waals surface area contributed by atoms with Crippen LogP contribution in [0.15, 0.2) is 61.2 Å². The van der Waals surface area contributed by atoms with E-state index >= 15 is 0 Å². The fourth-order valence-electron chi connectivity index (χ4n) is 3.32. The van der Waals surface area contributed by atoms with Crippen molar-refractivity contribution in [2.75, 3.05) is 5.32 Å². The van der Waals surface area contributed by atoms with Gasteiger partial charge in [0.2, 0.25) is 5.88 Å².